The van der Waals surface area contributed by atoms with E-state index in [2.05, 4.69) is 41.4 Å². The molecule has 1 atom stereocenters. The van der Waals surface area contributed by atoms with Crippen LogP contribution in [0.25, 0.3) is 0 Å². The van der Waals surface area contributed by atoms with Gasteiger partial charge in [0.05, 0.1) is 18.8 Å². The number of likely N-dealkylation sites (tertiary alicyclic amines) is 1. The topological polar surface area (TPSA) is 50.8 Å². The molecular formula is C26H34N2O3. The average Bonchev–Trinajstić information content (AvgIpc) is 3.62. The van der Waals surface area contributed by atoms with Crippen molar-refractivity contribution >= 4 is 5.91 Å². The second kappa shape index (κ2) is 10.7. The van der Waals surface area contributed by atoms with Crippen molar-refractivity contribution in [1.82, 2.24) is 10.2 Å². The van der Waals surface area contributed by atoms with E-state index in [1.165, 1.54) is 12.0 Å². The molecule has 4 rings (SSSR count). The Labute approximate surface area is 185 Å². The summed E-state index contributed by atoms with van der Waals surface area (Å²) in [6.07, 6.45) is 5.53. The molecule has 166 valence electrons. The van der Waals surface area contributed by atoms with Crippen LogP contribution in [0.1, 0.15) is 54.9 Å². The van der Waals surface area contributed by atoms with E-state index in [0.29, 0.717) is 29.9 Å². The molecule has 1 heterocycles. The number of nitrogens with zero attached hydrogens (tertiary/aromatic N) is 1. The van der Waals surface area contributed by atoms with Gasteiger partial charge in [-0.25, -0.2) is 0 Å². The summed E-state index contributed by atoms with van der Waals surface area (Å²) in [6.45, 7) is 6.61. The molecule has 0 spiro atoms. The van der Waals surface area contributed by atoms with E-state index in [-0.39, 0.29) is 5.91 Å². The van der Waals surface area contributed by atoms with Crippen LogP contribution in [-0.2, 0) is 6.54 Å². The molecule has 1 aliphatic carbocycles. The standard InChI is InChI=1S/C26H34N2O3/c1-2-16-30-23-13-9-20(10-14-23)17-28-15-5-6-21(18-28)19-31-25-8-4-3-7-24(25)26(29)27-22-11-12-22/h3-4,7-10,13-14,21-22H,2,5-6,11-12,15-19H2,1H3,(H,27,29). The molecule has 1 amide bonds. The molecule has 1 aliphatic heterocycles. The van der Waals surface area contributed by atoms with Gasteiger partial charge < -0.3 is 14.8 Å². The van der Waals surface area contributed by atoms with Crippen molar-refractivity contribution in [2.75, 3.05) is 26.3 Å². The third-order valence-corrected chi connectivity index (χ3v) is 5.92. The first-order valence-electron chi connectivity index (χ1n) is 11.7. The minimum atomic E-state index is -0.0188. The van der Waals surface area contributed by atoms with Gasteiger partial charge in [0.1, 0.15) is 11.5 Å². The zero-order valence-corrected chi connectivity index (χ0v) is 18.5. The fourth-order valence-electron chi connectivity index (χ4n) is 4.08. The van der Waals surface area contributed by atoms with E-state index >= 15 is 0 Å². The second-order valence-corrected chi connectivity index (χ2v) is 8.79. The van der Waals surface area contributed by atoms with Crippen LogP contribution in [0, 0.1) is 5.92 Å². The molecule has 2 aromatic carbocycles. The fourth-order valence-corrected chi connectivity index (χ4v) is 4.08. The van der Waals surface area contributed by atoms with E-state index in [1.54, 1.807) is 0 Å². The fraction of sp³-hybridized carbons (Fsp3) is 0.500. The van der Waals surface area contributed by atoms with Crippen LogP contribution in [0.4, 0.5) is 0 Å². The molecule has 2 aliphatic rings. The lowest BCUT2D eigenvalue weighted by atomic mass is 9.98. The van der Waals surface area contributed by atoms with Gasteiger partial charge in [0.2, 0.25) is 0 Å². The molecule has 2 aromatic rings. The largest absolute Gasteiger partial charge is 0.494 e. The summed E-state index contributed by atoms with van der Waals surface area (Å²) in [5, 5.41) is 3.06. The number of hydrogen-bond acceptors (Lipinski definition) is 4. The van der Waals surface area contributed by atoms with Crippen molar-refractivity contribution in [3.8, 4) is 11.5 Å². The van der Waals surface area contributed by atoms with Crippen LogP contribution >= 0.6 is 0 Å². The summed E-state index contributed by atoms with van der Waals surface area (Å²) in [4.78, 5) is 15.0. The molecule has 31 heavy (non-hydrogen) atoms. The van der Waals surface area contributed by atoms with Gasteiger partial charge in [-0.1, -0.05) is 31.2 Å². The first kappa shape index (κ1) is 21.7. The Kier molecular flexibility index (Phi) is 7.47. The molecule has 1 saturated heterocycles. The maximum absolute atomic E-state index is 12.5. The second-order valence-electron chi connectivity index (χ2n) is 8.79. The Morgan fingerprint density at radius 2 is 1.87 bits per heavy atom. The molecule has 5 heteroatoms. The van der Waals surface area contributed by atoms with Crippen LogP contribution < -0.4 is 14.8 Å². The van der Waals surface area contributed by atoms with E-state index in [9.17, 15) is 4.79 Å². The molecule has 5 nitrogen and oxygen atoms in total. The predicted octanol–water partition coefficient (Wildman–Crippen LogP) is 4.66. The Hall–Kier alpha value is -2.53. The Bertz CT molecular complexity index is 848. The molecule has 2 fully saturated rings. The SMILES string of the molecule is CCCOc1ccc(CN2CCCC(COc3ccccc3C(=O)NC3CC3)C2)cc1. The molecule has 0 bridgehead atoms. The minimum Gasteiger partial charge on any atom is -0.494 e. The summed E-state index contributed by atoms with van der Waals surface area (Å²) in [6, 6.07) is 16.4. The number of nitrogens with one attached hydrogen (secondary N) is 1. The summed E-state index contributed by atoms with van der Waals surface area (Å²) in [5.41, 5.74) is 1.96. The predicted molar refractivity (Wildman–Crippen MR) is 123 cm³/mol. The van der Waals surface area contributed by atoms with Gasteiger partial charge in [0.15, 0.2) is 0 Å². The average molecular weight is 423 g/mol. The summed E-state index contributed by atoms with van der Waals surface area (Å²) < 4.78 is 11.8. The zero-order valence-electron chi connectivity index (χ0n) is 18.5. The van der Waals surface area contributed by atoms with Crippen molar-refractivity contribution in [3.63, 3.8) is 0 Å². The zero-order chi connectivity index (χ0) is 21.5. The van der Waals surface area contributed by atoms with Crippen LogP contribution in [0.3, 0.4) is 0 Å². The normalized spacial score (nSPS) is 19.1. The number of rotatable bonds is 10. The van der Waals surface area contributed by atoms with Gasteiger partial charge >= 0.3 is 0 Å². The molecule has 1 N–H and O–H groups in total. The quantitative estimate of drug-likeness (QED) is 0.605. The highest BCUT2D eigenvalue weighted by atomic mass is 16.5. The summed E-state index contributed by atoms with van der Waals surface area (Å²) in [7, 11) is 0. The molecule has 0 aromatic heterocycles. The van der Waals surface area contributed by atoms with Crippen molar-refractivity contribution in [1.29, 1.82) is 0 Å². The number of piperidine rings is 1. The maximum atomic E-state index is 12.5. The van der Waals surface area contributed by atoms with Crippen molar-refractivity contribution in [2.24, 2.45) is 5.92 Å². The van der Waals surface area contributed by atoms with Crippen LogP contribution in [-0.4, -0.2) is 43.2 Å². The van der Waals surface area contributed by atoms with E-state index in [0.717, 1.165) is 57.7 Å². The number of carbonyl (C=O) groups excluding carboxylic acids is 1. The lowest BCUT2D eigenvalue weighted by molar-refractivity contribution is 0.0940. The van der Waals surface area contributed by atoms with Crippen LogP contribution in [0.2, 0.25) is 0 Å². The Balaban J connectivity index is 1.28. The summed E-state index contributed by atoms with van der Waals surface area (Å²) in [5.74, 6) is 2.09. The third-order valence-electron chi connectivity index (χ3n) is 5.92. The lowest BCUT2D eigenvalue weighted by Crippen LogP contribution is -2.37. The number of ether oxygens (including phenoxy) is 2. The first-order chi connectivity index (χ1) is 15.2. The molecule has 1 saturated carbocycles. The minimum absolute atomic E-state index is 0.0188. The van der Waals surface area contributed by atoms with Crippen molar-refractivity contribution < 1.29 is 14.3 Å². The van der Waals surface area contributed by atoms with E-state index in [1.807, 2.05) is 24.3 Å². The number of amides is 1. The van der Waals surface area contributed by atoms with Gasteiger partial charge in [0, 0.05) is 25.0 Å². The van der Waals surface area contributed by atoms with E-state index < -0.39 is 0 Å². The van der Waals surface area contributed by atoms with Crippen LogP contribution in [0.5, 0.6) is 11.5 Å². The number of benzene rings is 2. The number of carbonyl (C=O) groups is 1. The first-order valence-corrected chi connectivity index (χ1v) is 11.7. The highest BCUT2D eigenvalue weighted by molar-refractivity contribution is 5.97. The molecule has 0 radical (unpaired) electrons. The van der Waals surface area contributed by atoms with Gasteiger partial charge in [-0.3, -0.25) is 9.69 Å². The van der Waals surface area contributed by atoms with E-state index in [4.69, 9.17) is 9.47 Å². The van der Waals surface area contributed by atoms with Gasteiger partial charge in [0.25, 0.3) is 5.91 Å². The molecule has 1 unspecified atom stereocenters. The number of hydrogen-bond donors (Lipinski definition) is 1. The molecular weight excluding hydrogens is 388 g/mol. The highest BCUT2D eigenvalue weighted by Gasteiger charge is 2.26. The van der Waals surface area contributed by atoms with Gasteiger partial charge in [-0.2, -0.15) is 0 Å². The smallest absolute Gasteiger partial charge is 0.255 e. The number of para-hydroxylation sites is 1. The van der Waals surface area contributed by atoms with Gasteiger partial charge in [-0.05, 0) is 68.5 Å². The van der Waals surface area contributed by atoms with Crippen molar-refractivity contribution in [3.05, 3.63) is 59.7 Å². The van der Waals surface area contributed by atoms with Crippen molar-refractivity contribution in [2.45, 2.75) is 51.6 Å². The monoisotopic (exact) mass is 422 g/mol. The highest BCUT2D eigenvalue weighted by Crippen LogP contribution is 2.25. The summed E-state index contributed by atoms with van der Waals surface area (Å²) >= 11 is 0. The Morgan fingerprint density at radius 3 is 2.65 bits per heavy atom. The Morgan fingerprint density at radius 1 is 1.06 bits per heavy atom. The third kappa shape index (κ3) is 6.47. The lowest BCUT2D eigenvalue weighted by Gasteiger charge is -2.32. The van der Waals surface area contributed by atoms with Gasteiger partial charge in [-0.15, -0.1) is 0 Å². The maximum Gasteiger partial charge on any atom is 0.255 e. The van der Waals surface area contributed by atoms with Crippen LogP contribution in [0.15, 0.2) is 48.5 Å².